The normalized spacial score (nSPS) is 11.6. The van der Waals surface area contributed by atoms with E-state index >= 15 is 0 Å². The van der Waals surface area contributed by atoms with E-state index in [1.807, 2.05) is 102 Å². The summed E-state index contributed by atoms with van der Waals surface area (Å²) in [6, 6.07) is 46.4. The number of hydrogen-bond acceptors (Lipinski definition) is 5. The van der Waals surface area contributed by atoms with Crippen LogP contribution in [-0.2, 0) is 0 Å². The molecule has 0 fully saturated rings. The van der Waals surface area contributed by atoms with Crippen molar-refractivity contribution in [2.24, 2.45) is 0 Å². The lowest BCUT2D eigenvalue weighted by molar-refractivity contribution is 0.390. The molecule has 6 nitrogen and oxygen atoms in total. The predicted molar refractivity (Wildman–Crippen MR) is 183 cm³/mol. The topological polar surface area (TPSA) is 73.3 Å². The molecule has 0 amide bonds. The van der Waals surface area contributed by atoms with Crippen LogP contribution in [0.1, 0.15) is 0 Å². The van der Waals surface area contributed by atoms with Gasteiger partial charge in [-0.05, 0) is 70.9 Å². The number of furan rings is 1. The Hall–Kier alpha value is -6.40. The molecule has 0 unspecified atom stereocenters. The lowest BCUT2D eigenvalue weighted by atomic mass is 9.94. The van der Waals surface area contributed by atoms with E-state index in [9.17, 15) is 5.11 Å². The van der Waals surface area contributed by atoms with E-state index in [-0.39, 0.29) is 11.5 Å². The lowest BCUT2D eigenvalue weighted by Crippen LogP contribution is -1.98. The maximum absolute atomic E-state index is 11.1. The second-order valence-corrected chi connectivity index (χ2v) is 11.2. The minimum absolute atomic E-state index is 0.0343. The molecule has 0 saturated heterocycles. The molecule has 0 radical (unpaired) electrons. The molecule has 9 rings (SSSR count). The highest BCUT2D eigenvalue weighted by Crippen LogP contribution is 2.42. The van der Waals surface area contributed by atoms with Crippen molar-refractivity contribution in [3.8, 4) is 45.6 Å². The summed E-state index contributed by atoms with van der Waals surface area (Å²) in [4.78, 5) is 9.78. The van der Waals surface area contributed by atoms with Gasteiger partial charge in [-0.2, -0.15) is 4.98 Å². The number of nitrogens with zero attached hydrogens (tertiary/aromatic N) is 3. The van der Waals surface area contributed by atoms with Gasteiger partial charge in [0.15, 0.2) is 11.5 Å². The molecule has 218 valence electrons. The van der Waals surface area contributed by atoms with Gasteiger partial charge in [0.05, 0.1) is 16.9 Å². The minimum Gasteiger partial charge on any atom is -0.504 e. The van der Waals surface area contributed by atoms with Gasteiger partial charge < -0.3 is 14.3 Å². The maximum Gasteiger partial charge on any atom is 0.307 e. The van der Waals surface area contributed by atoms with Crippen LogP contribution in [0.15, 0.2) is 150 Å². The summed E-state index contributed by atoms with van der Waals surface area (Å²) >= 11 is 0. The Morgan fingerprint density at radius 3 is 2.30 bits per heavy atom. The number of aromatic nitrogens is 3. The molecule has 9 aromatic rings. The average Bonchev–Trinajstić information content (AvgIpc) is 3.66. The van der Waals surface area contributed by atoms with Crippen LogP contribution in [0.5, 0.6) is 17.5 Å². The van der Waals surface area contributed by atoms with E-state index in [0.29, 0.717) is 11.6 Å². The van der Waals surface area contributed by atoms with Crippen molar-refractivity contribution in [1.82, 2.24) is 14.5 Å². The Morgan fingerprint density at radius 2 is 1.43 bits per heavy atom. The number of phenolic OH excluding ortho intramolecular Hbond substituents is 1. The van der Waals surface area contributed by atoms with E-state index < -0.39 is 0 Å². The van der Waals surface area contributed by atoms with Gasteiger partial charge in [-0.25, -0.2) is 0 Å². The van der Waals surface area contributed by atoms with E-state index in [2.05, 4.69) is 47.4 Å². The summed E-state index contributed by atoms with van der Waals surface area (Å²) in [5.41, 5.74) is 7.81. The maximum atomic E-state index is 11.1. The molecule has 0 saturated carbocycles. The highest BCUT2D eigenvalue weighted by Gasteiger charge is 2.21. The Kier molecular flexibility index (Phi) is 5.86. The molecule has 0 aliphatic heterocycles. The summed E-state index contributed by atoms with van der Waals surface area (Å²) in [7, 11) is 0. The first-order chi connectivity index (χ1) is 22.7. The number of imidazole rings is 1. The van der Waals surface area contributed by atoms with Crippen molar-refractivity contribution in [3.63, 3.8) is 0 Å². The Labute approximate surface area is 263 Å². The molecule has 46 heavy (non-hydrogen) atoms. The van der Waals surface area contributed by atoms with Crippen LogP contribution in [0.3, 0.4) is 0 Å². The van der Waals surface area contributed by atoms with Crippen molar-refractivity contribution in [1.29, 1.82) is 0 Å². The number of rotatable bonds is 5. The first kappa shape index (κ1) is 26.0. The molecular weight excluding hydrogens is 570 g/mol. The van der Waals surface area contributed by atoms with Gasteiger partial charge in [0.1, 0.15) is 16.7 Å². The zero-order chi connectivity index (χ0) is 30.6. The number of ether oxygens (including phenoxy) is 1. The molecule has 0 atom stereocenters. The fourth-order valence-electron chi connectivity index (χ4n) is 6.33. The van der Waals surface area contributed by atoms with E-state index in [0.717, 1.165) is 66.2 Å². The monoisotopic (exact) mass is 595 g/mol. The zero-order valence-corrected chi connectivity index (χ0v) is 24.5. The van der Waals surface area contributed by atoms with Crippen LogP contribution in [0.4, 0.5) is 0 Å². The average molecular weight is 596 g/mol. The third kappa shape index (κ3) is 4.19. The summed E-state index contributed by atoms with van der Waals surface area (Å²) in [5.74, 6) is 0.254. The fourth-order valence-corrected chi connectivity index (χ4v) is 6.33. The third-order valence-corrected chi connectivity index (χ3v) is 8.44. The first-order valence-electron chi connectivity index (χ1n) is 15.0. The molecule has 0 spiro atoms. The smallest absolute Gasteiger partial charge is 0.307 e. The van der Waals surface area contributed by atoms with Crippen LogP contribution >= 0.6 is 0 Å². The van der Waals surface area contributed by atoms with Gasteiger partial charge >= 0.3 is 6.01 Å². The number of pyridine rings is 1. The van der Waals surface area contributed by atoms with Crippen molar-refractivity contribution in [2.45, 2.75) is 0 Å². The lowest BCUT2D eigenvalue weighted by Gasteiger charge is -2.12. The predicted octanol–water partition coefficient (Wildman–Crippen LogP) is 10.3. The van der Waals surface area contributed by atoms with Gasteiger partial charge in [-0.1, -0.05) is 78.9 Å². The quantitative estimate of drug-likeness (QED) is 0.214. The standard InChI is InChI=1S/C40H25N3O3/c44-35-24-37-32(30-15-6-7-19-36(30)45-37)23-38(35)46-40-42-39-29(16-10-18-34(39)43(40)27-12-2-1-3-13-27)26-21-25-11-4-5-14-28(25)31(22-26)33-17-8-9-20-41-33/h1-24,44H. The Bertz CT molecular complexity index is 2570. The molecule has 6 heteroatoms. The first-order valence-corrected chi connectivity index (χ1v) is 15.0. The molecule has 1 N–H and O–H groups in total. The number of fused-ring (bicyclic) bond motifs is 5. The summed E-state index contributed by atoms with van der Waals surface area (Å²) in [6.07, 6.45) is 1.82. The molecule has 0 aliphatic rings. The van der Waals surface area contributed by atoms with Crippen molar-refractivity contribution < 1.29 is 14.3 Å². The van der Waals surface area contributed by atoms with Crippen molar-refractivity contribution in [3.05, 3.63) is 146 Å². The van der Waals surface area contributed by atoms with Crippen LogP contribution in [0.2, 0.25) is 0 Å². The number of benzene rings is 6. The molecular formula is C40H25N3O3. The van der Waals surface area contributed by atoms with Crippen LogP contribution in [0.25, 0.3) is 71.8 Å². The van der Waals surface area contributed by atoms with E-state index in [1.165, 1.54) is 0 Å². The molecule has 6 aromatic carbocycles. The molecule has 3 aromatic heterocycles. The zero-order valence-electron chi connectivity index (χ0n) is 24.5. The van der Waals surface area contributed by atoms with Crippen LogP contribution in [-0.4, -0.2) is 19.6 Å². The van der Waals surface area contributed by atoms with Crippen molar-refractivity contribution in [2.75, 3.05) is 0 Å². The number of para-hydroxylation sites is 3. The Morgan fingerprint density at radius 1 is 0.630 bits per heavy atom. The van der Waals surface area contributed by atoms with E-state index in [1.54, 1.807) is 6.07 Å². The summed E-state index contributed by atoms with van der Waals surface area (Å²) in [5, 5.41) is 15.1. The molecule has 3 heterocycles. The van der Waals surface area contributed by atoms with Gasteiger partial charge in [0.2, 0.25) is 0 Å². The number of phenols is 1. The SMILES string of the molecule is Oc1cc2oc3ccccc3c2cc1Oc1nc2c(-c3cc(-c4ccccn4)c4ccccc4c3)cccc2n1-c1ccccc1. The second kappa shape index (κ2) is 10.4. The van der Waals surface area contributed by atoms with Gasteiger partial charge in [0, 0.05) is 34.2 Å². The molecule has 0 aliphatic carbocycles. The van der Waals surface area contributed by atoms with Crippen molar-refractivity contribution >= 4 is 43.7 Å². The van der Waals surface area contributed by atoms with E-state index in [4.69, 9.17) is 14.1 Å². The minimum atomic E-state index is -0.0343. The molecule has 0 bridgehead atoms. The second-order valence-electron chi connectivity index (χ2n) is 11.2. The fraction of sp³-hybridized carbons (Fsp3) is 0. The number of aromatic hydroxyl groups is 1. The van der Waals surface area contributed by atoms with Crippen LogP contribution < -0.4 is 4.74 Å². The van der Waals surface area contributed by atoms with Gasteiger partial charge in [0.25, 0.3) is 0 Å². The highest BCUT2D eigenvalue weighted by atomic mass is 16.5. The highest BCUT2D eigenvalue weighted by molar-refractivity contribution is 6.06. The van der Waals surface area contributed by atoms with Gasteiger partial charge in [-0.3, -0.25) is 9.55 Å². The Balaban J connectivity index is 1.26. The largest absolute Gasteiger partial charge is 0.504 e. The number of hydrogen-bond donors (Lipinski definition) is 1. The third-order valence-electron chi connectivity index (χ3n) is 8.44. The summed E-state index contributed by atoms with van der Waals surface area (Å²) in [6.45, 7) is 0. The van der Waals surface area contributed by atoms with Gasteiger partial charge in [-0.15, -0.1) is 0 Å². The summed E-state index contributed by atoms with van der Waals surface area (Å²) < 4.78 is 14.5. The van der Waals surface area contributed by atoms with Crippen LogP contribution in [0, 0.1) is 0 Å².